The van der Waals surface area contributed by atoms with Gasteiger partial charge in [0.2, 0.25) is 4.90 Å². The molecule has 0 fully saturated rings. The molecule has 0 aromatic heterocycles. The molecule has 6 aromatic rings. The van der Waals surface area contributed by atoms with Crippen molar-refractivity contribution in [1.82, 2.24) is 0 Å². The monoisotopic (exact) mass is 626 g/mol. The highest BCUT2D eigenvalue weighted by molar-refractivity contribution is 7.86. The molecule has 8 rings (SSSR count). The Hall–Kier alpha value is -5.02. The van der Waals surface area contributed by atoms with Crippen LogP contribution < -0.4 is 31.1 Å². The molecule has 4 N–H and O–H groups in total. The first-order valence-electron chi connectivity index (χ1n) is 14.6. The molecule has 0 aliphatic carbocycles. The van der Waals surface area contributed by atoms with Crippen LogP contribution in [-0.4, -0.2) is 0 Å². The Morgan fingerprint density at radius 3 is 1.16 bits per heavy atom. The van der Waals surface area contributed by atoms with Crippen molar-refractivity contribution >= 4 is 36.7 Å². The predicted octanol–water partition coefficient (Wildman–Crippen LogP) is 8.38. The maximum absolute atomic E-state index is 16.7. The van der Waals surface area contributed by atoms with E-state index in [2.05, 4.69) is 0 Å². The molecule has 2 heterocycles. The fraction of sp³-hybridized carbons (Fsp3) is 0.0270. The van der Waals surface area contributed by atoms with Gasteiger partial charge in [-0.05, 0) is 70.8 Å². The second-order valence-electron chi connectivity index (χ2n) is 11.2. The number of para-hydroxylation sites is 2. The molecular formula is C37H28N2O4P2. The Morgan fingerprint density at radius 2 is 0.756 bits per heavy atom. The number of benzene rings is 6. The second kappa shape index (κ2) is 10.0. The summed E-state index contributed by atoms with van der Waals surface area (Å²) in [7, 11) is -8.64. The molecule has 2 atom stereocenters. The normalized spacial score (nSPS) is 19.6. The van der Waals surface area contributed by atoms with Crippen LogP contribution in [0, 0.1) is 0 Å². The molecule has 0 spiro atoms. The average molecular weight is 627 g/mol. The Kier molecular flexibility index (Phi) is 6.12. The van der Waals surface area contributed by atoms with Gasteiger partial charge in [-0.15, -0.1) is 0 Å². The lowest BCUT2D eigenvalue weighted by atomic mass is 10.0. The van der Waals surface area contributed by atoms with Gasteiger partial charge in [-0.2, -0.15) is 0 Å². The average Bonchev–Trinajstić information content (AvgIpc) is 3.07. The Balaban J connectivity index is 1.58. The quantitative estimate of drug-likeness (QED) is 0.151. The van der Waals surface area contributed by atoms with E-state index in [0.717, 1.165) is 22.3 Å². The highest BCUT2D eigenvalue weighted by atomic mass is 31.2. The number of hydrogen-bond donors (Lipinski definition) is 2. The number of nitrogen functional groups attached to an aromatic ring is 2. The standard InChI is InChI=1S/C37H28N2O4P2/c38-27-21-17-25(18-22-27)37(26-19-23-28(39)24-20-26,44(40)35-15-7-3-11-31(35)29-9-1-5-13-33(29)42-44)45(41)36-16-8-4-12-32(36)30-10-2-6-14-34(30)43-45/h1-24H,38-39H2. The van der Waals surface area contributed by atoms with Gasteiger partial charge in [0.15, 0.2) is 0 Å². The lowest BCUT2D eigenvalue weighted by Crippen LogP contribution is -2.42. The smallest absolute Gasteiger partial charge is 0.303 e. The summed E-state index contributed by atoms with van der Waals surface area (Å²) in [6.07, 6.45) is 0. The number of anilines is 2. The van der Waals surface area contributed by atoms with E-state index < -0.39 is 19.6 Å². The molecule has 6 aromatic carbocycles. The fourth-order valence-electron chi connectivity index (χ4n) is 6.76. The molecule has 0 bridgehead atoms. The van der Waals surface area contributed by atoms with Crippen LogP contribution in [0.5, 0.6) is 11.5 Å². The van der Waals surface area contributed by atoms with Gasteiger partial charge in [0, 0.05) is 22.5 Å². The van der Waals surface area contributed by atoms with Gasteiger partial charge in [-0.3, -0.25) is 9.13 Å². The third-order valence-electron chi connectivity index (χ3n) is 8.73. The zero-order valence-electron chi connectivity index (χ0n) is 24.0. The van der Waals surface area contributed by atoms with Gasteiger partial charge in [0.05, 0.1) is 10.6 Å². The zero-order valence-corrected chi connectivity index (χ0v) is 25.8. The van der Waals surface area contributed by atoms with Crippen molar-refractivity contribution < 1.29 is 18.2 Å². The Morgan fingerprint density at radius 1 is 0.422 bits per heavy atom. The first-order chi connectivity index (χ1) is 21.9. The van der Waals surface area contributed by atoms with Gasteiger partial charge in [-0.1, -0.05) is 97.1 Å². The van der Waals surface area contributed by atoms with E-state index in [1.807, 2.05) is 84.9 Å². The number of fused-ring (bicyclic) bond motifs is 6. The summed E-state index contributed by atoms with van der Waals surface area (Å²) in [5.74, 6) is 0.874. The van der Waals surface area contributed by atoms with Crippen LogP contribution in [0.4, 0.5) is 11.4 Å². The van der Waals surface area contributed by atoms with Gasteiger partial charge in [-0.25, -0.2) is 0 Å². The van der Waals surface area contributed by atoms with Crippen molar-refractivity contribution in [1.29, 1.82) is 0 Å². The van der Waals surface area contributed by atoms with E-state index in [-0.39, 0.29) is 0 Å². The lowest BCUT2D eigenvalue weighted by Gasteiger charge is -2.48. The molecular weight excluding hydrogens is 598 g/mol. The number of hydrogen-bond acceptors (Lipinski definition) is 6. The molecule has 2 aliphatic rings. The van der Waals surface area contributed by atoms with Gasteiger partial charge in [0.25, 0.3) is 0 Å². The van der Waals surface area contributed by atoms with Crippen LogP contribution in [0.25, 0.3) is 22.3 Å². The molecule has 0 amide bonds. The largest absolute Gasteiger partial charge is 0.438 e. The minimum atomic E-state index is -4.32. The predicted molar refractivity (Wildman–Crippen MR) is 182 cm³/mol. The lowest BCUT2D eigenvalue weighted by molar-refractivity contribution is 0.449. The molecule has 45 heavy (non-hydrogen) atoms. The van der Waals surface area contributed by atoms with E-state index in [9.17, 15) is 0 Å². The minimum Gasteiger partial charge on any atom is -0.438 e. The molecule has 2 unspecified atom stereocenters. The van der Waals surface area contributed by atoms with Crippen LogP contribution in [-0.2, 0) is 14.0 Å². The number of nitrogens with two attached hydrogens (primary N) is 2. The summed E-state index contributed by atoms with van der Waals surface area (Å²) in [6, 6.07) is 44.0. The van der Waals surface area contributed by atoms with Gasteiger partial charge < -0.3 is 20.5 Å². The summed E-state index contributed by atoms with van der Waals surface area (Å²) in [4.78, 5) is -1.88. The maximum Gasteiger partial charge on any atom is 0.303 e. The van der Waals surface area contributed by atoms with Crippen LogP contribution in [0.1, 0.15) is 11.1 Å². The molecule has 6 nitrogen and oxygen atoms in total. The minimum absolute atomic E-state index is 0.437. The summed E-state index contributed by atoms with van der Waals surface area (Å²) in [6.45, 7) is 0. The van der Waals surface area contributed by atoms with E-state index in [1.165, 1.54) is 0 Å². The first kappa shape index (κ1) is 27.5. The summed E-state index contributed by atoms with van der Waals surface area (Å²) < 4.78 is 47.1. The van der Waals surface area contributed by atoms with E-state index >= 15 is 9.13 Å². The molecule has 2 aliphatic heterocycles. The van der Waals surface area contributed by atoms with E-state index in [4.69, 9.17) is 20.5 Å². The summed E-state index contributed by atoms with van der Waals surface area (Å²) in [5, 5.41) is 0.903. The molecule has 8 heteroatoms. The summed E-state index contributed by atoms with van der Waals surface area (Å²) in [5.41, 5.74) is 17.5. The highest BCUT2D eigenvalue weighted by Gasteiger charge is 2.70. The maximum atomic E-state index is 16.7. The van der Waals surface area contributed by atoms with Crippen LogP contribution >= 0.6 is 14.7 Å². The molecule has 220 valence electrons. The van der Waals surface area contributed by atoms with Crippen molar-refractivity contribution in [2.24, 2.45) is 0 Å². The van der Waals surface area contributed by atoms with Crippen molar-refractivity contribution in [3.8, 4) is 33.8 Å². The van der Waals surface area contributed by atoms with Crippen LogP contribution in [0.15, 0.2) is 146 Å². The summed E-state index contributed by atoms with van der Waals surface area (Å²) >= 11 is 0. The van der Waals surface area contributed by atoms with Crippen molar-refractivity contribution in [3.63, 3.8) is 0 Å². The van der Waals surface area contributed by atoms with E-state index in [0.29, 0.717) is 44.6 Å². The topological polar surface area (TPSA) is 105 Å². The van der Waals surface area contributed by atoms with Gasteiger partial charge in [0.1, 0.15) is 11.5 Å². The van der Waals surface area contributed by atoms with Crippen molar-refractivity contribution in [3.05, 3.63) is 157 Å². The van der Waals surface area contributed by atoms with Crippen LogP contribution in [0.2, 0.25) is 0 Å². The third kappa shape index (κ3) is 3.77. The highest BCUT2D eigenvalue weighted by Crippen LogP contribution is 2.84. The Bertz CT molecular complexity index is 2060. The second-order valence-corrected chi connectivity index (χ2v) is 16.5. The molecule has 0 saturated heterocycles. The fourth-order valence-corrected chi connectivity index (χ4v) is 14.6. The van der Waals surface area contributed by atoms with Crippen molar-refractivity contribution in [2.45, 2.75) is 4.90 Å². The molecule has 0 saturated carbocycles. The van der Waals surface area contributed by atoms with E-state index in [1.54, 1.807) is 60.7 Å². The molecule has 0 radical (unpaired) electrons. The zero-order chi connectivity index (χ0) is 30.8. The Labute approximate surface area is 261 Å². The first-order valence-corrected chi connectivity index (χ1v) is 17.8. The van der Waals surface area contributed by atoms with Gasteiger partial charge >= 0.3 is 14.7 Å². The SMILES string of the molecule is Nc1ccc(C(c2ccc(N)cc2)(P2(=O)Oc3ccccc3-c3ccccc32)P2(=O)Oc3ccccc3-c3ccccc32)cc1. The number of rotatable bonds is 4. The van der Waals surface area contributed by atoms with Crippen molar-refractivity contribution in [2.75, 3.05) is 11.5 Å². The third-order valence-corrected chi connectivity index (χ3v) is 16.0. The van der Waals surface area contributed by atoms with Crippen LogP contribution in [0.3, 0.4) is 0 Å².